The summed E-state index contributed by atoms with van der Waals surface area (Å²) in [4.78, 5) is 14.6. The van der Waals surface area contributed by atoms with Gasteiger partial charge in [0.25, 0.3) is 5.92 Å². The lowest BCUT2D eigenvalue weighted by Gasteiger charge is -2.27. The Balaban J connectivity index is 1.77. The van der Waals surface area contributed by atoms with Gasteiger partial charge in [-0.3, -0.25) is 4.79 Å². The van der Waals surface area contributed by atoms with Crippen LogP contribution in [0.5, 0.6) is 0 Å². The van der Waals surface area contributed by atoms with Gasteiger partial charge in [0.1, 0.15) is 11.8 Å². The molecule has 1 aromatic carbocycles. The van der Waals surface area contributed by atoms with Crippen molar-refractivity contribution in [2.45, 2.75) is 51.0 Å². The third-order valence-electron chi connectivity index (χ3n) is 5.14. The average Bonchev–Trinajstić information content (AvgIpc) is 3.28. The lowest BCUT2D eigenvalue weighted by atomic mass is 9.92. The van der Waals surface area contributed by atoms with Gasteiger partial charge in [0.2, 0.25) is 5.91 Å². The summed E-state index contributed by atoms with van der Waals surface area (Å²) in [5.74, 6) is -2.51. The first-order valence-electron chi connectivity index (χ1n) is 9.37. The smallest absolute Gasteiger partial charge is 0.270 e. The first kappa shape index (κ1) is 21.0. The number of amides is 1. The maximum atomic E-state index is 13.5. The Morgan fingerprint density at radius 3 is 2.59 bits per heavy atom. The van der Waals surface area contributed by atoms with E-state index in [2.05, 4.69) is 17.1 Å². The van der Waals surface area contributed by atoms with Gasteiger partial charge in [-0.2, -0.15) is 0 Å². The van der Waals surface area contributed by atoms with Crippen molar-refractivity contribution < 1.29 is 23.2 Å². The maximum absolute atomic E-state index is 13.5. The lowest BCUT2D eigenvalue weighted by Crippen LogP contribution is -2.39. The van der Waals surface area contributed by atoms with Crippen LogP contribution in [0.15, 0.2) is 47.1 Å². The highest BCUT2D eigenvalue weighted by atomic mass is 19.3. The second kappa shape index (κ2) is 7.59. The molecule has 6 nitrogen and oxygen atoms in total. The molecular weight excluding hydrogens is 380 g/mol. The Morgan fingerprint density at radius 2 is 2.00 bits per heavy atom. The monoisotopic (exact) mass is 405 g/mol. The molecule has 0 radical (unpaired) electrons. The largest absolute Gasteiger partial charge is 0.395 e. The Bertz CT molecular complexity index is 901. The standard InChI is InChI=1S/C21H25F2N3O3/c1-13-5-10-16(26(13)15-8-6-14(7-9-15)21(4,22)23)19(28)24-18-11-17(29-25-18)20(2,3)12-27/h6-9,11,16,27H,1,5,10,12H2,2-4H3,(H,24,25,28). The molecule has 1 amide bonds. The van der Waals surface area contributed by atoms with Crippen molar-refractivity contribution in [1.82, 2.24) is 5.16 Å². The van der Waals surface area contributed by atoms with Crippen molar-refractivity contribution in [3.63, 3.8) is 0 Å². The van der Waals surface area contributed by atoms with Gasteiger partial charge in [-0.05, 0) is 25.0 Å². The second-order valence-electron chi connectivity index (χ2n) is 8.03. The summed E-state index contributed by atoms with van der Waals surface area (Å²) >= 11 is 0. The van der Waals surface area contributed by atoms with E-state index in [1.807, 2.05) is 0 Å². The topological polar surface area (TPSA) is 78.6 Å². The number of aromatic nitrogens is 1. The zero-order valence-corrected chi connectivity index (χ0v) is 16.7. The van der Waals surface area contributed by atoms with Gasteiger partial charge in [0.15, 0.2) is 5.82 Å². The molecule has 1 atom stereocenters. The van der Waals surface area contributed by atoms with Crippen molar-refractivity contribution in [3.8, 4) is 0 Å². The molecule has 8 heteroatoms. The molecule has 3 rings (SSSR count). The van der Waals surface area contributed by atoms with Gasteiger partial charge in [-0.25, -0.2) is 8.78 Å². The molecule has 156 valence electrons. The summed E-state index contributed by atoms with van der Waals surface area (Å²) < 4.78 is 32.2. The van der Waals surface area contributed by atoms with E-state index < -0.39 is 17.4 Å². The number of carbonyl (C=O) groups excluding carboxylic acids is 1. The predicted molar refractivity (Wildman–Crippen MR) is 106 cm³/mol. The van der Waals surface area contributed by atoms with Crippen molar-refractivity contribution in [2.24, 2.45) is 0 Å². The Labute approximate surface area is 168 Å². The maximum Gasteiger partial charge on any atom is 0.270 e. The van der Waals surface area contributed by atoms with Crippen molar-refractivity contribution in [3.05, 3.63) is 53.9 Å². The molecule has 2 heterocycles. The number of hydrogen-bond donors (Lipinski definition) is 2. The molecule has 0 saturated carbocycles. The van der Waals surface area contributed by atoms with Gasteiger partial charge in [-0.15, -0.1) is 0 Å². The van der Waals surface area contributed by atoms with Crippen LogP contribution in [0.25, 0.3) is 0 Å². The number of carbonyl (C=O) groups is 1. The quantitative estimate of drug-likeness (QED) is 0.754. The van der Waals surface area contributed by atoms with Gasteiger partial charge in [0, 0.05) is 35.4 Å². The number of alkyl halides is 2. The molecule has 29 heavy (non-hydrogen) atoms. The van der Waals surface area contributed by atoms with E-state index in [1.54, 1.807) is 36.9 Å². The number of aliphatic hydroxyl groups excluding tert-OH is 1. The normalized spacial score (nSPS) is 17.7. The number of halogens is 2. The predicted octanol–water partition coefficient (Wildman–Crippen LogP) is 4.18. The molecule has 1 aliphatic rings. The van der Waals surface area contributed by atoms with Crippen LogP contribution in [0.4, 0.5) is 20.3 Å². The number of rotatable bonds is 6. The number of hydrogen-bond acceptors (Lipinski definition) is 5. The van der Waals surface area contributed by atoms with Crippen LogP contribution >= 0.6 is 0 Å². The molecule has 1 saturated heterocycles. The average molecular weight is 405 g/mol. The van der Waals surface area contributed by atoms with E-state index in [0.29, 0.717) is 24.3 Å². The van der Waals surface area contributed by atoms with Gasteiger partial charge in [0.05, 0.1) is 6.61 Å². The number of nitrogens with zero attached hydrogens (tertiary/aromatic N) is 2. The van der Waals surface area contributed by atoms with Crippen LogP contribution in [0.2, 0.25) is 0 Å². The number of allylic oxidation sites excluding steroid dienone is 1. The molecule has 1 fully saturated rings. The van der Waals surface area contributed by atoms with E-state index in [4.69, 9.17) is 4.52 Å². The van der Waals surface area contributed by atoms with Crippen LogP contribution in [0.1, 0.15) is 44.9 Å². The fourth-order valence-corrected chi connectivity index (χ4v) is 3.24. The van der Waals surface area contributed by atoms with E-state index >= 15 is 0 Å². The summed E-state index contributed by atoms with van der Waals surface area (Å²) in [6.07, 6.45) is 1.16. The van der Waals surface area contributed by atoms with E-state index in [-0.39, 0.29) is 23.9 Å². The zero-order chi connectivity index (χ0) is 21.4. The summed E-state index contributed by atoms with van der Waals surface area (Å²) in [6.45, 7) is 8.32. The Kier molecular flexibility index (Phi) is 5.49. The van der Waals surface area contributed by atoms with E-state index in [0.717, 1.165) is 12.6 Å². The number of anilines is 2. The lowest BCUT2D eigenvalue weighted by molar-refractivity contribution is -0.117. The minimum absolute atomic E-state index is 0.0892. The first-order valence-corrected chi connectivity index (χ1v) is 9.37. The first-order chi connectivity index (χ1) is 13.5. The van der Waals surface area contributed by atoms with Crippen LogP contribution < -0.4 is 10.2 Å². The fourth-order valence-electron chi connectivity index (χ4n) is 3.24. The minimum atomic E-state index is -2.93. The van der Waals surface area contributed by atoms with Crippen LogP contribution in [0.3, 0.4) is 0 Å². The molecule has 1 aliphatic heterocycles. The highest BCUT2D eigenvalue weighted by molar-refractivity contribution is 5.97. The molecule has 2 N–H and O–H groups in total. The van der Waals surface area contributed by atoms with Crippen LogP contribution in [-0.2, 0) is 16.1 Å². The molecule has 1 unspecified atom stereocenters. The summed E-state index contributed by atoms with van der Waals surface area (Å²) in [7, 11) is 0. The number of aliphatic hydroxyl groups is 1. The summed E-state index contributed by atoms with van der Waals surface area (Å²) in [5.41, 5.74) is 0.659. The third kappa shape index (κ3) is 4.32. The minimum Gasteiger partial charge on any atom is -0.395 e. The molecule has 0 spiro atoms. The second-order valence-corrected chi connectivity index (χ2v) is 8.03. The molecule has 2 aromatic rings. The summed E-state index contributed by atoms with van der Waals surface area (Å²) in [5, 5.41) is 16.0. The van der Waals surface area contributed by atoms with E-state index in [9.17, 15) is 18.7 Å². The molecular formula is C21H25F2N3O3. The van der Waals surface area contributed by atoms with Crippen LogP contribution in [-0.4, -0.2) is 28.8 Å². The highest BCUT2D eigenvalue weighted by Crippen LogP contribution is 2.35. The Morgan fingerprint density at radius 1 is 1.34 bits per heavy atom. The number of benzene rings is 1. The van der Waals surface area contributed by atoms with Gasteiger partial charge < -0.3 is 19.8 Å². The van der Waals surface area contributed by atoms with E-state index in [1.165, 1.54) is 12.1 Å². The zero-order valence-electron chi connectivity index (χ0n) is 16.7. The van der Waals surface area contributed by atoms with Crippen molar-refractivity contribution in [2.75, 3.05) is 16.8 Å². The molecule has 1 aromatic heterocycles. The Hall–Kier alpha value is -2.74. The number of nitrogens with one attached hydrogen (secondary N) is 1. The SMILES string of the molecule is C=C1CCC(C(=O)Nc2cc(C(C)(C)CO)on2)N1c1ccc(C(C)(F)F)cc1. The van der Waals surface area contributed by atoms with Crippen molar-refractivity contribution >= 4 is 17.4 Å². The highest BCUT2D eigenvalue weighted by Gasteiger charge is 2.35. The van der Waals surface area contributed by atoms with Gasteiger partial charge in [-0.1, -0.05) is 37.7 Å². The van der Waals surface area contributed by atoms with Crippen molar-refractivity contribution in [1.29, 1.82) is 0 Å². The van der Waals surface area contributed by atoms with Crippen LogP contribution in [0, 0.1) is 0 Å². The summed E-state index contributed by atoms with van der Waals surface area (Å²) in [6, 6.07) is 6.90. The van der Waals surface area contributed by atoms with Gasteiger partial charge >= 0.3 is 0 Å². The third-order valence-corrected chi connectivity index (χ3v) is 5.14. The fraction of sp³-hybridized carbons (Fsp3) is 0.429. The molecule has 0 bridgehead atoms. The molecule has 0 aliphatic carbocycles.